The first-order chi connectivity index (χ1) is 26.3. The molecule has 3 heterocycles. The van der Waals surface area contributed by atoms with Gasteiger partial charge in [-0.05, 0) is 91.0 Å². The number of hydrogen-bond donors (Lipinski definition) is 0. The molecule has 246 valence electrons. The van der Waals surface area contributed by atoms with Crippen molar-refractivity contribution in [3.05, 3.63) is 170 Å². The molecule has 0 saturated carbocycles. The van der Waals surface area contributed by atoms with Gasteiger partial charge in [0, 0.05) is 51.5 Å². The van der Waals surface area contributed by atoms with E-state index in [1.54, 1.807) is 0 Å². The van der Waals surface area contributed by atoms with Gasteiger partial charge in [0.15, 0.2) is 0 Å². The van der Waals surface area contributed by atoms with Gasteiger partial charge in [-0.1, -0.05) is 133 Å². The summed E-state index contributed by atoms with van der Waals surface area (Å²) in [5.41, 5.74) is 8.18. The number of thiophene rings is 2. The summed E-state index contributed by atoms with van der Waals surface area (Å²) in [4.78, 5) is 1.31. The molecule has 9 aromatic carbocycles. The molecule has 0 atom stereocenters. The fourth-order valence-corrected chi connectivity index (χ4v) is 11.2. The van der Waals surface area contributed by atoms with Crippen molar-refractivity contribution in [3.8, 4) is 32.7 Å². The molecule has 0 aliphatic carbocycles. The van der Waals surface area contributed by atoms with Crippen molar-refractivity contribution in [3.63, 3.8) is 0 Å². The molecule has 3 heteroatoms. The Balaban J connectivity index is 1.25. The van der Waals surface area contributed by atoms with Gasteiger partial charge in [-0.3, -0.25) is 0 Å². The van der Waals surface area contributed by atoms with Crippen LogP contribution in [0.2, 0.25) is 0 Å². The van der Waals surface area contributed by atoms with E-state index in [0.717, 1.165) is 21.9 Å². The van der Waals surface area contributed by atoms with Gasteiger partial charge in [0.25, 0.3) is 0 Å². The van der Waals surface area contributed by atoms with Crippen molar-refractivity contribution in [2.75, 3.05) is 0 Å². The van der Waals surface area contributed by atoms with Crippen LogP contribution >= 0.6 is 22.7 Å². The fourth-order valence-electron chi connectivity index (χ4n) is 8.84. The predicted octanol–water partition coefficient (Wildman–Crippen LogP) is 15.6. The summed E-state index contributed by atoms with van der Waals surface area (Å²) in [6.07, 6.45) is 0. The number of furan rings is 1. The third kappa shape index (κ3) is 4.18. The molecule has 3 aromatic heterocycles. The van der Waals surface area contributed by atoms with E-state index in [1.807, 2.05) is 28.7 Å². The Labute approximate surface area is 312 Å². The Morgan fingerprint density at radius 3 is 1.72 bits per heavy atom. The van der Waals surface area contributed by atoms with E-state index in [4.69, 9.17) is 4.42 Å². The highest BCUT2D eigenvalue weighted by atomic mass is 32.1. The standard InChI is InChI=1S/C50H28OS2/c1-2-13-29(14-3-1)50-49(48-44(53-50)26-25-43-47(48)37-21-9-11-24-42(37)52-43)46-34-19-6-4-17-32(34)45(33-18-5-7-20-35(33)46)36-22-12-15-30-27-39-31-16-8-10-23-40(31)51-41(39)28-38(30)36/h1-28H. The van der Waals surface area contributed by atoms with E-state index < -0.39 is 0 Å². The lowest BCUT2D eigenvalue weighted by molar-refractivity contribution is 0.669. The highest BCUT2D eigenvalue weighted by molar-refractivity contribution is 7.27. The van der Waals surface area contributed by atoms with Crippen LogP contribution in [-0.2, 0) is 0 Å². The van der Waals surface area contributed by atoms with E-state index in [0.29, 0.717) is 0 Å². The topological polar surface area (TPSA) is 13.1 Å². The van der Waals surface area contributed by atoms with Gasteiger partial charge in [0.1, 0.15) is 11.2 Å². The monoisotopic (exact) mass is 708 g/mol. The van der Waals surface area contributed by atoms with Crippen LogP contribution in [0.15, 0.2) is 174 Å². The van der Waals surface area contributed by atoms with Gasteiger partial charge in [-0.2, -0.15) is 0 Å². The van der Waals surface area contributed by atoms with Gasteiger partial charge in [-0.15, -0.1) is 22.7 Å². The lowest BCUT2D eigenvalue weighted by Gasteiger charge is -2.19. The third-order valence-electron chi connectivity index (χ3n) is 11.1. The number of fused-ring (bicyclic) bond motifs is 11. The first-order valence-electron chi connectivity index (χ1n) is 18.0. The second-order valence-electron chi connectivity index (χ2n) is 13.9. The molecule has 0 unspecified atom stereocenters. The first-order valence-corrected chi connectivity index (χ1v) is 19.6. The fraction of sp³-hybridized carbons (Fsp3) is 0. The van der Waals surface area contributed by atoms with Gasteiger partial charge in [-0.25, -0.2) is 0 Å². The molecule has 0 spiro atoms. The SMILES string of the molecule is c1ccc(-c2sc3ccc4sc5ccccc5c4c3c2-c2c3ccccc3c(-c3cccc4cc5c(cc34)oc3ccccc35)c3ccccc23)cc1. The van der Waals surface area contributed by atoms with E-state index in [9.17, 15) is 0 Å². The van der Waals surface area contributed by atoms with Crippen molar-refractivity contribution in [2.24, 2.45) is 0 Å². The molecule has 0 aliphatic rings. The van der Waals surface area contributed by atoms with Gasteiger partial charge >= 0.3 is 0 Å². The molecule has 0 fully saturated rings. The first kappa shape index (κ1) is 29.3. The van der Waals surface area contributed by atoms with Crippen LogP contribution in [-0.4, -0.2) is 0 Å². The largest absolute Gasteiger partial charge is 0.456 e. The second-order valence-corrected chi connectivity index (χ2v) is 16.0. The van der Waals surface area contributed by atoms with Crippen LogP contribution in [0, 0.1) is 0 Å². The maximum atomic E-state index is 6.45. The van der Waals surface area contributed by atoms with E-state index in [-0.39, 0.29) is 0 Å². The van der Waals surface area contributed by atoms with Crippen LogP contribution in [0.4, 0.5) is 0 Å². The zero-order valence-electron chi connectivity index (χ0n) is 28.4. The molecule has 1 nitrogen and oxygen atoms in total. The number of para-hydroxylation sites is 1. The zero-order chi connectivity index (χ0) is 34.6. The molecule has 0 saturated heterocycles. The van der Waals surface area contributed by atoms with Crippen LogP contribution in [0.25, 0.3) is 117 Å². The Kier molecular flexibility index (Phi) is 6.15. The highest BCUT2D eigenvalue weighted by Gasteiger charge is 2.25. The van der Waals surface area contributed by atoms with Crippen LogP contribution in [0.3, 0.4) is 0 Å². The van der Waals surface area contributed by atoms with E-state index in [1.165, 1.54) is 95.3 Å². The molecule has 0 amide bonds. The van der Waals surface area contributed by atoms with Gasteiger partial charge in [0.05, 0.1) is 0 Å². The quantitative estimate of drug-likeness (QED) is 0.167. The van der Waals surface area contributed by atoms with E-state index >= 15 is 0 Å². The molecule has 12 aromatic rings. The molecule has 0 aliphatic heterocycles. The van der Waals surface area contributed by atoms with Crippen LogP contribution < -0.4 is 0 Å². The Bertz CT molecular complexity index is 3390. The number of hydrogen-bond acceptors (Lipinski definition) is 3. The number of benzene rings is 9. The highest BCUT2D eigenvalue weighted by Crippen LogP contribution is 2.54. The summed E-state index contributed by atoms with van der Waals surface area (Å²) in [5, 5.41) is 13.8. The molecular weight excluding hydrogens is 681 g/mol. The molecular formula is C50H28OS2. The summed E-state index contributed by atoms with van der Waals surface area (Å²) in [7, 11) is 0. The molecule has 0 N–H and O–H groups in total. The molecule has 12 rings (SSSR count). The Hall–Kier alpha value is -6.26. The minimum absolute atomic E-state index is 0.917. The normalized spacial score (nSPS) is 12.2. The molecule has 53 heavy (non-hydrogen) atoms. The maximum Gasteiger partial charge on any atom is 0.136 e. The average Bonchev–Trinajstić information content (AvgIpc) is 3.90. The Morgan fingerprint density at radius 1 is 0.340 bits per heavy atom. The Morgan fingerprint density at radius 2 is 0.962 bits per heavy atom. The average molecular weight is 709 g/mol. The van der Waals surface area contributed by atoms with Crippen LogP contribution in [0.1, 0.15) is 0 Å². The van der Waals surface area contributed by atoms with Crippen molar-refractivity contribution in [1.82, 2.24) is 0 Å². The van der Waals surface area contributed by atoms with Crippen molar-refractivity contribution in [2.45, 2.75) is 0 Å². The smallest absolute Gasteiger partial charge is 0.136 e. The summed E-state index contributed by atoms with van der Waals surface area (Å²) in [5.74, 6) is 0. The number of rotatable bonds is 3. The van der Waals surface area contributed by atoms with Crippen molar-refractivity contribution in [1.29, 1.82) is 0 Å². The summed E-state index contributed by atoms with van der Waals surface area (Å²) in [6, 6.07) is 62.3. The maximum absolute atomic E-state index is 6.45. The summed E-state index contributed by atoms with van der Waals surface area (Å²) >= 11 is 3.81. The minimum Gasteiger partial charge on any atom is -0.456 e. The minimum atomic E-state index is 0.917. The van der Waals surface area contributed by atoms with Gasteiger partial charge in [0.2, 0.25) is 0 Å². The van der Waals surface area contributed by atoms with Crippen molar-refractivity contribution >= 4 is 107 Å². The van der Waals surface area contributed by atoms with Crippen molar-refractivity contribution < 1.29 is 4.42 Å². The molecule has 0 radical (unpaired) electrons. The zero-order valence-corrected chi connectivity index (χ0v) is 30.0. The third-order valence-corrected chi connectivity index (χ3v) is 13.4. The molecule has 0 bridgehead atoms. The van der Waals surface area contributed by atoms with Crippen LogP contribution in [0.5, 0.6) is 0 Å². The second kappa shape index (κ2) is 11.1. The predicted molar refractivity (Wildman–Crippen MR) is 231 cm³/mol. The lowest BCUT2D eigenvalue weighted by atomic mass is 9.83. The summed E-state index contributed by atoms with van der Waals surface area (Å²) < 4.78 is 10.4. The van der Waals surface area contributed by atoms with E-state index in [2.05, 4.69) is 164 Å². The lowest BCUT2D eigenvalue weighted by Crippen LogP contribution is -1.92. The van der Waals surface area contributed by atoms with Gasteiger partial charge < -0.3 is 4.42 Å². The summed E-state index contributed by atoms with van der Waals surface area (Å²) in [6.45, 7) is 0.